The molecule has 596 valence electrons. The Labute approximate surface area is 616 Å². The van der Waals surface area contributed by atoms with Crippen LogP contribution in [0.5, 0.6) is 0 Å². The standard InChI is InChI=1S/C73H128N10O21/c1-47-50(4)68(80-53(7)84)71(102-59(47)44-99-56(10)87)96-41-18-13-26-62(90)75-34-21-29-65(93)78-37-24-33-74-32-16-17-39-83(67(95)31-23-36-77-64(92)28-15-20-43-98-73-70(82-55(9)86)52(6)49(3)61(104-73)46-101-58(12)89)40-25-38-79-66(94)30-22-35-76-63(91)27-14-19-42-97-72-69(81-54(8)85)51(5)48(2)60(103-72)45-100-57(11)88/h47-52,59-61,68-74H,13-46H2,1-12H3,(H,75,90)(H,76,91)(H,77,92)(H,78,93)(H,79,94)(H,80,84)(H,81,85)(H,82,86). The monoisotopic (exact) mass is 1480 g/mol. The molecule has 0 bridgehead atoms. The summed E-state index contributed by atoms with van der Waals surface area (Å²) in [5, 5.41) is 26.7. The van der Waals surface area contributed by atoms with E-state index >= 15 is 0 Å². The van der Waals surface area contributed by atoms with Crippen LogP contribution in [-0.2, 0) is 100 Å². The van der Waals surface area contributed by atoms with E-state index in [1.54, 1.807) is 4.90 Å². The summed E-state index contributed by atoms with van der Waals surface area (Å²) in [4.78, 5) is 149. The Hall–Kier alpha value is -6.64. The molecule has 3 rings (SSSR count). The molecule has 0 radical (unpaired) electrons. The van der Waals surface area contributed by atoms with Crippen LogP contribution in [0.4, 0.5) is 0 Å². The quantitative estimate of drug-likeness (QED) is 0.0238. The van der Waals surface area contributed by atoms with Gasteiger partial charge in [-0.05, 0) is 132 Å². The van der Waals surface area contributed by atoms with Crippen LogP contribution in [0.25, 0.3) is 0 Å². The van der Waals surface area contributed by atoms with E-state index in [0.29, 0.717) is 143 Å². The molecule has 9 N–H and O–H groups in total. The van der Waals surface area contributed by atoms with Crippen LogP contribution < -0.4 is 47.9 Å². The first kappa shape index (κ1) is 91.6. The van der Waals surface area contributed by atoms with Gasteiger partial charge in [0.25, 0.3) is 0 Å². The number of ether oxygens (including phenoxy) is 9. The average molecular weight is 1480 g/mol. The number of nitrogens with zero attached hydrogens (tertiary/aromatic N) is 1. The second-order valence-electron chi connectivity index (χ2n) is 28.0. The first-order valence-corrected chi connectivity index (χ1v) is 37.9. The molecule has 15 unspecified atom stereocenters. The molecule has 3 fully saturated rings. The Morgan fingerprint density at radius 3 is 0.933 bits per heavy atom. The lowest BCUT2D eigenvalue weighted by Crippen LogP contribution is -2.58. The second kappa shape index (κ2) is 52.4. The third-order valence-electron chi connectivity index (χ3n) is 19.3. The molecule has 3 saturated heterocycles. The van der Waals surface area contributed by atoms with Crippen molar-refractivity contribution >= 4 is 71.1 Å². The van der Waals surface area contributed by atoms with Gasteiger partial charge in [-0.2, -0.15) is 0 Å². The third kappa shape index (κ3) is 38.6. The molecule has 0 aromatic rings. The Balaban J connectivity index is 1.36. The fourth-order valence-electron chi connectivity index (χ4n) is 12.5. The fraction of sp³-hybridized carbons (Fsp3) is 0.836. The molecule has 3 aliphatic rings. The topological polar surface area (TPSA) is 399 Å². The molecule has 31 heteroatoms. The van der Waals surface area contributed by atoms with Crippen LogP contribution in [0.2, 0.25) is 0 Å². The third-order valence-corrected chi connectivity index (χ3v) is 19.3. The van der Waals surface area contributed by atoms with Crippen molar-refractivity contribution in [3.63, 3.8) is 0 Å². The van der Waals surface area contributed by atoms with Crippen molar-refractivity contribution in [1.29, 1.82) is 0 Å². The zero-order valence-electron chi connectivity index (χ0n) is 64.2. The summed E-state index contributed by atoms with van der Waals surface area (Å²) < 4.78 is 52.2. The van der Waals surface area contributed by atoms with Crippen molar-refractivity contribution in [2.24, 2.45) is 35.5 Å². The molecule has 15 atom stereocenters. The van der Waals surface area contributed by atoms with Gasteiger partial charge >= 0.3 is 17.9 Å². The molecule has 9 amide bonds. The minimum Gasteiger partial charge on any atom is -0.463 e. The van der Waals surface area contributed by atoms with E-state index in [4.69, 9.17) is 42.6 Å². The minimum atomic E-state index is -0.763. The van der Waals surface area contributed by atoms with Gasteiger partial charge in [0.15, 0.2) is 18.9 Å². The Morgan fingerprint density at radius 1 is 0.317 bits per heavy atom. The SMILES string of the molecule is CC(=O)NC1C(OCCCCC(=O)NCCCC(=O)NCCCNCCCCN(CCCNC(=O)CCCNC(=O)CCCCOC2OC(COC(C)=O)C(C)C(C)C2NC(C)=O)C(=O)CCCNC(=O)CCCCOC2OC(COC(C)=O)C(C)C(C)C2NC(C)=O)OC(COC(C)=O)C(C)C1C. The van der Waals surface area contributed by atoms with Crippen LogP contribution in [0.3, 0.4) is 0 Å². The smallest absolute Gasteiger partial charge is 0.302 e. The summed E-state index contributed by atoms with van der Waals surface area (Å²) >= 11 is 0. The number of amides is 9. The maximum absolute atomic E-state index is 13.7. The first-order chi connectivity index (χ1) is 49.6. The largest absolute Gasteiger partial charge is 0.463 e. The average Bonchev–Trinajstić information content (AvgIpc) is 0.821. The maximum Gasteiger partial charge on any atom is 0.302 e. The number of carbonyl (C=O) groups excluding carboxylic acids is 12. The number of unbranched alkanes of at least 4 members (excludes halogenated alkanes) is 4. The number of hydrogen-bond acceptors (Lipinski definition) is 22. The number of nitrogens with one attached hydrogen (secondary N) is 9. The molecule has 0 aliphatic carbocycles. The summed E-state index contributed by atoms with van der Waals surface area (Å²) in [5.41, 5.74) is 0. The molecule has 31 nitrogen and oxygen atoms in total. The minimum absolute atomic E-state index is 0.00746. The van der Waals surface area contributed by atoms with Gasteiger partial charge in [0.1, 0.15) is 19.8 Å². The van der Waals surface area contributed by atoms with Crippen molar-refractivity contribution < 1.29 is 100 Å². The van der Waals surface area contributed by atoms with E-state index in [9.17, 15) is 57.5 Å². The maximum atomic E-state index is 13.7. The van der Waals surface area contributed by atoms with Gasteiger partial charge in [0.2, 0.25) is 53.2 Å². The highest BCUT2D eigenvalue weighted by molar-refractivity contribution is 5.79. The van der Waals surface area contributed by atoms with Crippen molar-refractivity contribution in [2.45, 2.75) is 260 Å². The molecule has 3 heterocycles. The number of hydrogen-bond donors (Lipinski definition) is 9. The first-order valence-electron chi connectivity index (χ1n) is 37.9. The lowest BCUT2D eigenvalue weighted by Gasteiger charge is -2.44. The van der Waals surface area contributed by atoms with Crippen LogP contribution in [0.15, 0.2) is 0 Å². The molecule has 0 aromatic carbocycles. The Bertz CT molecular complexity index is 2620. The molecule has 104 heavy (non-hydrogen) atoms. The highest BCUT2D eigenvalue weighted by atomic mass is 16.7. The zero-order valence-corrected chi connectivity index (χ0v) is 64.2. The molecule has 0 saturated carbocycles. The van der Waals surface area contributed by atoms with Gasteiger partial charge < -0.3 is 95.4 Å². The summed E-state index contributed by atoms with van der Waals surface area (Å²) in [6.45, 7) is 25.4. The van der Waals surface area contributed by atoms with Gasteiger partial charge in [-0.3, -0.25) is 57.5 Å². The molecule has 3 aliphatic heterocycles. The van der Waals surface area contributed by atoms with Gasteiger partial charge in [-0.1, -0.05) is 41.5 Å². The zero-order chi connectivity index (χ0) is 76.9. The lowest BCUT2D eigenvalue weighted by molar-refractivity contribution is -0.244. The number of esters is 3. The molecule has 0 spiro atoms. The Morgan fingerprint density at radius 2 is 0.606 bits per heavy atom. The molecular weight excluding hydrogens is 1350 g/mol. The van der Waals surface area contributed by atoms with Crippen LogP contribution >= 0.6 is 0 Å². The molecule has 0 aromatic heterocycles. The summed E-state index contributed by atoms with van der Waals surface area (Å²) in [6.07, 6.45) is 5.36. The van der Waals surface area contributed by atoms with Crippen molar-refractivity contribution in [1.82, 2.24) is 52.8 Å². The van der Waals surface area contributed by atoms with Gasteiger partial charge in [0.05, 0.1) is 36.4 Å². The van der Waals surface area contributed by atoms with E-state index < -0.39 is 67.2 Å². The van der Waals surface area contributed by atoms with E-state index in [2.05, 4.69) is 47.9 Å². The van der Waals surface area contributed by atoms with E-state index in [1.807, 2.05) is 41.5 Å². The number of rotatable bonds is 52. The van der Waals surface area contributed by atoms with E-state index in [1.165, 1.54) is 41.5 Å². The second-order valence-corrected chi connectivity index (χ2v) is 28.0. The fourth-order valence-corrected chi connectivity index (χ4v) is 12.5. The van der Waals surface area contributed by atoms with Gasteiger partial charge in [0, 0.05) is 146 Å². The van der Waals surface area contributed by atoms with E-state index in [0.717, 1.165) is 6.42 Å². The summed E-state index contributed by atoms with van der Waals surface area (Å²) in [6, 6.07) is -1.20. The molecular formula is C73H128N10O21. The van der Waals surface area contributed by atoms with E-state index in [-0.39, 0.29) is 166 Å². The van der Waals surface area contributed by atoms with Crippen LogP contribution in [0, 0.1) is 35.5 Å². The van der Waals surface area contributed by atoms with Gasteiger partial charge in [-0.15, -0.1) is 0 Å². The summed E-state index contributed by atoms with van der Waals surface area (Å²) in [5.74, 6) is -2.78. The van der Waals surface area contributed by atoms with Crippen molar-refractivity contribution in [3.05, 3.63) is 0 Å². The van der Waals surface area contributed by atoms with Gasteiger partial charge in [-0.25, -0.2) is 0 Å². The summed E-state index contributed by atoms with van der Waals surface area (Å²) in [7, 11) is 0. The number of carbonyl (C=O) groups is 12. The lowest BCUT2D eigenvalue weighted by atomic mass is 9.82. The highest BCUT2D eigenvalue weighted by Gasteiger charge is 2.46. The Kier molecular flexibility index (Phi) is 46.1. The van der Waals surface area contributed by atoms with Crippen molar-refractivity contribution in [2.75, 3.05) is 98.5 Å². The normalized spacial score (nSPS) is 24.3. The van der Waals surface area contributed by atoms with Crippen LogP contribution in [-0.4, -0.2) is 230 Å². The predicted molar refractivity (Wildman–Crippen MR) is 384 cm³/mol. The highest BCUT2D eigenvalue weighted by Crippen LogP contribution is 2.35. The van der Waals surface area contributed by atoms with Crippen molar-refractivity contribution in [3.8, 4) is 0 Å². The predicted octanol–water partition coefficient (Wildman–Crippen LogP) is 3.64. The van der Waals surface area contributed by atoms with Crippen LogP contribution in [0.1, 0.15) is 205 Å².